The number of hydrogen-bond donors (Lipinski definition) is 0. The predicted octanol–water partition coefficient (Wildman–Crippen LogP) is 4.08. The van der Waals surface area contributed by atoms with Gasteiger partial charge in [-0.25, -0.2) is 0 Å². The Bertz CT molecular complexity index is 960. The maximum absolute atomic E-state index is 12.7. The van der Waals surface area contributed by atoms with Crippen molar-refractivity contribution in [3.05, 3.63) is 71.5 Å². The summed E-state index contributed by atoms with van der Waals surface area (Å²) in [6.45, 7) is 4.13. The first kappa shape index (κ1) is 16.3. The first-order chi connectivity index (χ1) is 12.6. The standard InChI is InChI=1S/C21H19NO4/c1-14-10-18(15(2)22(14)16-6-4-3-5-7-16)19(23)12-24-17-8-9-20-21(11-17)26-13-25-20/h3-11H,12-13H2,1-2H3. The molecule has 2 aromatic carbocycles. The fourth-order valence-corrected chi connectivity index (χ4v) is 3.21. The van der Waals surface area contributed by atoms with E-state index in [-0.39, 0.29) is 19.2 Å². The third kappa shape index (κ3) is 2.92. The molecule has 26 heavy (non-hydrogen) atoms. The summed E-state index contributed by atoms with van der Waals surface area (Å²) in [6, 6.07) is 17.2. The number of carbonyl (C=O) groups excluding carboxylic acids is 1. The van der Waals surface area contributed by atoms with E-state index in [9.17, 15) is 4.79 Å². The van der Waals surface area contributed by atoms with Gasteiger partial charge in [0.15, 0.2) is 18.1 Å². The fourth-order valence-electron chi connectivity index (χ4n) is 3.21. The SMILES string of the molecule is Cc1cc(C(=O)COc2ccc3c(c2)OCO3)c(C)n1-c1ccccc1. The number of fused-ring (bicyclic) bond motifs is 1. The summed E-state index contributed by atoms with van der Waals surface area (Å²) >= 11 is 0. The number of nitrogens with zero attached hydrogens (tertiary/aromatic N) is 1. The van der Waals surface area contributed by atoms with Crippen LogP contribution in [0.3, 0.4) is 0 Å². The fraction of sp³-hybridized carbons (Fsp3) is 0.190. The Morgan fingerprint density at radius 2 is 1.81 bits per heavy atom. The van der Waals surface area contributed by atoms with Crippen molar-refractivity contribution in [2.75, 3.05) is 13.4 Å². The van der Waals surface area contributed by atoms with E-state index in [1.807, 2.05) is 50.2 Å². The molecule has 0 saturated carbocycles. The second-order valence-electron chi connectivity index (χ2n) is 6.18. The number of para-hydroxylation sites is 1. The van der Waals surface area contributed by atoms with Crippen molar-refractivity contribution in [3.63, 3.8) is 0 Å². The largest absolute Gasteiger partial charge is 0.485 e. The summed E-state index contributed by atoms with van der Waals surface area (Å²) in [4.78, 5) is 12.7. The normalized spacial score (nSPS) is 12.2. The molecule has 0 fully saturated rings. The molecule has 1 aliphatic rings. The van der Waals surface area contributed by atoms with Crippen LogP contribution in [0.15, 0.2) is 54.6 Å². The molecule has 5 nitrogen and oxygen atoms in total. The van der Waals surface area contributed by atoms with Crippen molar-refractivity contribution in [3.8, 4) is 22.9 Å². The van der Waals surface area contributed by atoms with Crippen molar-refractivity contribution < 1.29 is 19.0 Å². The van der Waals surface area contributed by atoms with Crippen LogP contribution in [0.5, 0.6) is 17.2 Å². The molecule has 0 amide bonds. The van der Waals surface area contributed by atoms with Crippen LogP contribution in [0.25, 0.3) is 5.69 Å². The lowest BCUT2D eigenvalue weighted by atomic mass is 10.1. The quantitative estimate of drug-likeness (QED) is 0.651. The number of ketones is 1. The highest BCUT2D eigenvalue weighted by molar-refractivity contribution is 5.98. The minimum absolute atomic E-state index is 0.0290. The van der Waals surface area contributed by atoms with Gasteiger partial charge in [0.1, 0.15) is 5.75 Å². The first-order valence-corrected chi connectivity index (χ1v) is 8.43. The van der Waals surface area contributed by atoms with Crippen LogP contribution in [-0.2, 0) is 0 Å². The number of ether oxygens (including phenoxy) is 3. The molecule has 5 heteroatoms. The van der Waals surface area contributed by atoms with Crippen LogP contribution in [0.2, 0.25) is 0 Å². The van der Waals surface area contributed by atoms with Gasteiger partial charge in [0, 0.05) is 28.7 Å². The van der Waals surface area contributed by atoms with Gasteiger partial charge in [-0.3, -0.25) is 4.79 Å². The Labute approximate surface area is 151 Å². The van der Waals surface area contributed by atoms with Gasteiger partial charge in [-0.15, -0.1) is 0 Å². The van der Waals surface area contributed by atoms with Crippen LogP contribution < -0.4 is 14.2 Å². The molecule has 3 aromatic rings. The minimum atomic E-state index is -0.0575. The van der Waals surface area contributed by atoms with Crippen LogP contribution in [-0.4, -0.2) is 23.8 Å². The van der Waals surface area contributed by atoms with Crippen LogP contribution >= 0.6 is 0 Å². The number of hydrogen-bond acceptors (Lipinski definition) is 4. The Morgan fingerprint density at radius 3 is 2.62 bits per heavy atom. The molecule has 1 aromatic heterocycles. The van der Waals surface area contributed by atoms with Gasteiger partial charge < -0.3 is 18.8 Å². The lowest BCUT2D eigenvalue weighted by Gasteiger charge is -2.10. The van der Waals surface area contributed by atoms with E-state index in [2.05, 4.69) is 4.57 Å². The van der Waals surface area contributed by atoms with Crippen molar-refractivity contribution in [2.45, 2.75) is 13.8 Å². The minimum Gasteiger partial charge on any atom is -0.485 e. The summed E-state index contributed by atoms with van der Waals surface area (Å²) < 4.78 is 18.3. The number of aryl methyl sites for hydroxylation is 1. The summed E-state index contributed by atoms with van der Waals surface area (Å²) in [7, 11) is 0. The van der Waals surface area contributed by atoms with E-state index in [1.165, 1.54) is 0 Å². The predicted molar refractivity (Wildman–Crippen MR) is 97.6 cm³/mol. The van der Waals surface area contributed by atoms with Gasteiger partial charge in [0.25, 0.3) is 0 Å². The molecular formula is C21H19NO4. The second-order valence-corrected chi connectivity index (χ2v) is 6.18. The molecule has 0 aliphatic carbocycles. The highest BCUT2D eigenvalue weighted by atomic mass is 16.7. The molecule has 0 spiro atoms. The van der Waals surface area contributed by atoms with E-state index < -0.39 is 0 Å². The van der Waals surface area contributed by atoms with Crippen LogP contribution in [0.4, 0.5) is 0 Å². The van der Waals surface area contributed by atoms with Gasteiger partial charge in [-0.1, -0.05) is 18.2 Å². The summed E-state index contributed by atoms with van der Waals surface area (Å²) in [6.07, 6.45) is 0. The third-order valence-corrected chi connectivity index (χ3v) is 4.46. The number of aromatic nitrogens is 1. The van der Waals surface area contributed by atoms with Gasteiger partial charge in [0.2, 0.25) is 12.6 Å². The molecular weight excluding hydrogens is 330 g/mol. The van der Waals surface area contributed by atoms with Gasteiger partial charge >= 0.3 is 0 Å². The van der Waals surface area contributed by atoms with Crippen molar-refractivity contribution in [2.24, 2.45) is 0 Å². The molecule has 0 N–H and O–H groups in total. The van der Waals surface area contributed by atoms with E-state index in [0.29, 0.717) is 22.8 Å². The zero-order chi connectivity index (χ0) is 18.1. The smallest absolute Gasteiger partial charge is 0.231 e. The molecule has 0 saturated heterocycles. The topological polar surface area (TPSA) is 49.7 Å². The maximum atomic E-state index is 12.7. The van der Waals surface area contributed by atoms with E-state index >= 15 is 0 Å². The Kier molecular flexibility index (Phi) is 4.13. The molecule has 2 heterocycles. The van der Waals surface area contributed by atoms with Gasteiger partial charge in [-0.2, -0.15) is 0 Å². The van der Waals surface area contributed by atoms with E-state index in [1.54, 1.807) is 18.2 Å². The molecule has 4 rings (SSSR count). The number of Topliss-reactive ketones (excluding diaryl/α,β-unsaturated/α-hetero) is 1. The summed E-state index contributed by atoms with van der Waals surface area (Å²) in [5, 5.41) is 0. The summed E-state index contributed by atoms with van der Waals surface area (Å²) in [5.41, 5.74) is 3.64. The first-order valence-electron chi connectivity index (χ1n) is 8.43. The third-order valence-electron chi connectivity index (χ3n) is 4.46. The Hall–Kier alpha value is -3.21. The van der Waals surface area contributed by atoms with Crippen LogP contribution in [0.1, 0.15) is 21.7 Å². The summed E-state index contributed by atoms with van der Waals surface area (Å²) in [5.74, 6) is 1.85. The van der Waals surface area contributed by atoms with E-state index in [4.69, 9.17) is 14.2 Å². The Balaban J connectivity index is 1.52. The second kappa shape index (κ2) is 6.59. The number of carbonyl (C=O) groups is 1. The molecule has 0 atom stereocenters. The number of benzene rings is 2. The lowest BCUT2D eigenvalue weighted by molar-refractivity contribution is 0.0920. The van der Waals surface area contributed by atoms with Gasteiger partial charge in [-0.05, 0) is 44.2 Å². The van der Waals surface area contributed by atoms with Crippen molar-refractivity contribution in [1.82, 2.24) is 4.57 Å². The Morgan fingerprint density at radius 1 is 1.04 bits per heavy atom. The van der Waals surface area contributed by atoms with E-state index in [0.717, 1.165) is 17.1 Å². The monoisotopic (exact) mass is 349 g/mol. The molecule has 132 valence electrons. The molecule has 0 radical (unpaired) electrons. The van der Waals surface area contributed by atoms with Gasteiger partial charge in [0.05, 0.1) is 0 Å². The van der Waals surface area contributed by atoms with Crippen molar-refractivity contribution >= 4 is 5.78 Å². The zero-order valence-corrected chi connectivity index (χ0v) is 14.7. The van der Waals surface area contributed by atoms with Crippen molar-refractivity contribution in [1.29, 1.82) is 0 Å². The average molecular weight is 349 g/mol. The molecule has 0 bridgehead atoms. The zero-order valence-electron chi connectivity index (χ0n) is 14.7. The molecule has 1 aliphatic heterocycles. The number of rotatable bonds is 5. The van der Waals surface area contributed by atoms with Crippen LogP contribution in [0, 0.1) is 13.8 Å². The highest BCUT2D eigenvalue weighted by Gasteiger charge is 2.18. The lowest BCUT2D eigenvalue weighted by Crippen LogP contribution is -2.12. The average Bonchev–Trinajstić information content (AvgIpc) is 3.24. The highest BCUT2D eigenvalue weighted by Crippen LogP contribution is 2.35. The molecule has 0 unspecified atom stereocenters. The maximum Gasteiger partial charge on any atom is 0.231 e.